The fourth-order valence-electron chi connectivity index (χ4n) is 2.24. The third-order valence-corrected chi connectivity index (χ3v) is 3.42. The average molecular weight is 293 g/mol. The predicted octanol–water partition coefficient (Wildman–Crippen LogP) is 3.81. The number of nitriles is 1. The fraction of sp³-hybridized carbons (Fsp3) is 0.278. The summed E-state index contributed by atoms with van der Waals surface area (Å²) < 4.78 is 0. The first-order valence-corrected chi connectivity index (χ1v) is 7.11. The minimum Gasteiger partial charge on any atom is -0.320 e. The predicted molar refractivity (Wildman–Crippen MR) is 86.8 cm³/mol. The van der Waals surface area contributed by atoms with Crippen molar-refractivity contribution in [3.63, 3.8) is 0 Å². The van der Waals surface area contributed by atoms with Gasteiger partial charge in [-0.25, -0.2) is 4.98 Å². The second-order valence-electron chi connectivity index (χ2n) is 6.19. The van der Waals surface area contributed by atoms with Crippen LogP contribution in [0.3, 0.4) is 0 Å². The molecule has 1 amide bonds. The zero-order valence-electron chi connectivity index (χ0n) is 13.3. The molecule has 22 heavy (non-hydrogen) atoms. The second-order valence-corrected chi connectivity index (χ2v) is 6.19. The van der Waals surface area contributed by atoms with E-state index in [1.165, 1.54) is 0 Å². The Balaban J connectivity index is 2.31. The van der Waals surface area contributed by atoms with E-state index in [0.717, 1.165) is 11.3 Å². The number of hydrogen-bond donors (Lipinski definition) is 1. The smallest absolute Gasteiger partial charge is 0.274 e. The number of nitrogens with zero attached hydrogens (tertiary/aromatic N) is 2. The zero-order chi connectivity index (χ0) is 16.3. The third-order valence-electron chi connectivity index (χ3n) is 3.42. The van der Waals surface area contributed by atoms with Gasteiger partial charge in [0.25, 0.3) is 5.91 Å². The largest absolute Gasteiger partial charge is 0.320 e. The number of carbonyl (C=O) groups excluding carboxylic acids is 1. The molecule has 112 valence electrons. The first-order chi connectivity index (χ1) is 10.3. The zero-order valence-corrected chi connectivity index (χ0v) is 13.3. The fourth-order valence-corrected chi connectivity index (χ4v) is 2.24. The van der Waals surface area contributed by atoms with E-state index in [1.807, 2.05) is 30.3 Å². The highest BCUT2D eigenvalue weighted by Gasteiger charge is 2.19. The van der Waals surface area contributed by atoms with E-state index in [0.29, 0.717) is 17.0 Å². The van der Waals surface area contributed by atoms with Gasteiger partial charge >= 0.3 is 0 Å². The summed E-state index contributed by atoms with van der Waals surface area (Å²) in [6, 6.07) is 13.0. The molecule has 1 heterocycles. The van der Waals surface area contributed by atoms with Crippen LogP contribution in [-0.4, -0.2) is 10.9 Å². The van der Waals surface area contributed by atoms with Crippen LogP contribution in [0.4, 0.5) is 5.69 Å². The van der Waals surface area contributed by atoms with Gasteiger partial charge in [0.05, 0.1) is 11.3 Å². The monoisotopic (exact) mass is 293 g/mol. The van der Waals surface area contributed by atoms with Crippen molar-refractivity contribution in [2.45, 2.75) is 33.1 Å². The number of rotatable bonds is 2. The SMILES string of the molecule is Cc1nc(C(=O)Nc2ccccc2C(C)(C)C)ccc1C#N. The van der Waals surface area contributed by atoms with Crippen molar-refractivity contribution in [3.05, 3.63) is 58.9 Å². The minimum atomic E-state index is -0.274. The molecule has 0 atom stereocenters. The number of nitrogens with one attached hydrogen (secondary N) is 1. The van der Waals surface area contributed by atoms with E-state index < -0.39 is 0 Å². The quantitative estimate of drug-likeness (QED) is 0.915. The number of aryl methyl sites for hydroxylation is 1. The Hall–Kier alpha value is -2.67. The van der Waals surface area contributed by atoms with Gasteiger partial charge < -0.3 is 5.32 Å². The molecule has 0 aliphatic carbocycles. The molecule has 0 fully saturated rings. The van der Waals surface area contributed by atoms with Crippen LogP contribution in [0.1, 0.15) is 48.1 Å². The van der Waals surface area contributed by atoms with Crippen LogP contribution in [0, 0.1) is 18.3 Å². The maximum Gasteiger partial charge on any atom is 0.274 e. The highest BCUT2D eigenvalue weighted by molar-refractivity contribution is 6.03. The van der Waals surface area contributed by atoms with E-state index >= 15 is 0 Å². The highest BCUT2D eigenvalue weighted by atomic mass is 16.1. The summed E-state index contributed by atoms with van der Waals surface area (Å²) in [6.45, 7) is 8.02. The lowest BCUT2D eigenvalue weighted by atomic mass is 9.86. The highest BCUT2D eigenvalue weighted by Crippen LogP contribution is 2.29. The summed E-state index contributed by atoms with van der Waals surface area (Å²) >= 11 is 0. The Labute approximate surface area is 130 Å². The molecule has 0 saturated carbocycles. The number of aromatic nitrogens is 1. The maximum atomic E-state index is 12.4. The molecule has 0 saturated heterocycles. The summed E-state index contributed by atoms with van der Waals surface area (Å²) in [5.74, 6) is -0.274. The summed E-state index contributed by atoms with van der Waals surface area (Å²) in [6.07, 6.45) is 0. The van der Waals surface area contributed by atoms with Crippen LogP contribution in [0.15, 0.2) is 36.4 Å². The van der Waals surface area contributed by atoms with Crippen LogP contribution >= 0.6 is 0 Å². The van der Waals surface area contributed by atoms with Crippen LogP contribution in [0.5, 0.6) is 0 Å². The van der Waals surface area contributed by atoms with Gasteiger partial charge in [-0.2, -0.15) is 5.26 Å². The normalized spacial score (nSPS) is 10.9. The van der Waals surface area contributed by atoms with E-state index in [9.17, 15) is 4.79 Å². The van der Waals surface area contributed by atoms with Crippen molar-refractivity contribution in [3.8, 4) is 6.07 Å². The van der Waals surface area contributed by atoms with Crippen molar-refractivity contribution in [2.75, 3.05) is 5.32 Å². The standard InChI is InChI=1S/C18H19N3O/c1-12-13(11-19)9-10-16(20-12)17(22)21-15-8-6-5-7-14(15)18(2,3)4/h5-10H,1-4H3,(H,21,22). The Morgan fingerprint density at radius 2 is 1.86 bits per heavy atom. The third kappa shape index (κ3) is 3.32. The lowest BCUT2D eigenvalue weighted by Gasteiger charge is -2.22. The molecule has 2 rings (SSSR count). The van der Waals surface area contributed by atoms with Crippen LogP contribution in [-0.2, 0) is 5.41 Å². The molecule has 0 unspecified atom stereocenters. The number of anilines is 1. The van der Waals surface area contributed by atoms with E-state index in [1.54, 1.807) is 19.1 Å². The van der Waals surface area contributed by atoms with Crippen molar-refractivity contribution in [1.82, 2.24) is 4.98 Å². The molecule has 0 aliphatic heterocycles. The minimum absolute atomic E-state index is 0.0715. The first-order valence-electron chi connectivity index (χ1n) is 7.11. The molecule has 1 aromatic carbocycles. The van der Waals surface area contributed by atoms with Crippen LogP contribution < -0.4 is 5.32 Å². The molecule has 0 radical (unpaired) electrons. The van der Waals surface area contributed by atoms with E-state index in [2.05, 4.69) is 31.1 Å². The molecule has 2 aromatic rings. The number of hydrogen-bond acceptors (Lipinski definition) is 3. The molecule has 4 nitrogen and oxygen atoms in total. The van der Waals surface area contributed by atoms with Crippen molar-refractivity contribution >= 4 is 11.6 Å². The Kier molecular flexibility index (Phi) is 4.27. The lowest BCUT2D eigenvalue weighted by Crippen LogP contribution is -2.19. The Morgan fingerprint density at radius 3 is 2.45 bits per heavy atom. The molecule has 0 bridgehead atoms. The van der Waals surface area contributed by atoms with Crippen LogP contribution in [0.25, 0.3) is 0 Å². The second kappa shape index (κ2) is 5.98. The van der Waals surface area contributed by atoms with Crippen molar-refractivity contribution in [2.24, 2.45) is 0 Å². The van der Waals surface area contributed by atoms with Crippen molar-refractivity contribution in [1.29, 1.82) is 5.26 Å². The molecule has 1 N–H and O–H groups in total. The maximum absolute atomic E-state index is 12.4. The molecule has 4 heteroatoms. The number of pyridine rings is 1. The first kappa shape index (κ1) is 15.7. The average Bonchev–Trinajstić information content (AvgIpc) is 2.46. The number of carbonyl (C=O) groups is 1. The van der Waals surface area contributed by atoms with Gasteiger partial charge in [0.2, 0.25) is 0 Å². The van der Waals surface area contributed by atoms with Gasteiger partial charge in [0.1, 0.15) is 11.8 Å². The molecule has 0 aliphatic rings. The topological polar surface area (TPSA) is 65.8 Å². The number of para-hydroxylation sites is 1. The summed E-state index contributed by atoms with van der Waals surface area (Å²) in [5, 5.41) is 11.8. The summed E-state index contributed by atoms with van der Waals surface area (Å²) in [5.41, 5.74) is 3.11. The van der Waals surface area contributed by atoms with E-state index in [-0.39, 0.29) is 11.3 Å². The molecular weight excluding hydrogens is 274 g/mol. The van der Waals surface area contributed by atoms with Gasteiger partial charge in [0, 0.05) is 5.69 Å². The van der Waals surface area contributed by atoms with Gasteiger partial charge in [-0.3, -0.25) is 4.79 Å². The van der Waals surface area contributed by atoms with Crippen molar-refractivity contribution < 1.29 is 4.79 Å². The summed E-state index contributed by atoms with van der Waals surface area (Å²) in [4.78, 5) is 16.6. The van der Waals surface area contributed by atoms with Gasteiger partial charge in [-0.05, 0) is 36.1 Å². The Bertz CT molecular complexity index is 752. The molecule has 0 spiro atoms. The van der Waals surface area contributed by atoms with Gasteiger partial charge in [-0.1, -0.05) is 39.0 Å². The van der Waals surface area contributed by atoms with Crippen LogP contribution in [0.2, 0.25) is 0 Å². The number of amides is 1. The molecular formula is C18H19N3O. The lowest BCUT2D eigenvalue weighted by molar-refractivity contribution is 0.102. The van der Waals surface area contributed by atoms with Gasteiger partial charge in [0.15, 0.2) is 0 Å². The van der Waals surface area contributed by atoms with Gasteiger partial charge in [-0.15, -0.1) is 0 Å². The number of benzene rings is 1. The molecule has 1 aromatic heterocycles. The summed E-state index contributed by atoms with van der Waals surface area (Å²) in [7, 11) is 0. The Morgan fingerprint density at radius 1 is 1.18 bits per heavy atom. The van der Waals surface area contributed by atoms with E-state index in [4.69, 9.17) is 5.26 Å².